The second-order valence-electron chi connectivity index (χ2n) is 18.9. The Balaban J connectivity index is 1.44. The lowest BCUT2D eigenvalue weighted by atomic mass is 9.81. The molecule has 56 heavy (non-hydrogen) atoms. The summed E-state index contributed by atoms with van der Waals surface area (Å²) in [5.41, 5.74) is 12.1. The van der Waals surface area contributed by atoms with E-state index in [9.17, 15) is 8.76 Å². The maximum absolute atomic E-state index is 12.1. The molecule has 0 amide bonds. The third-order valence-electron chi connectivity index (χ3n) is 11.7. The molecule has 0 bridgehead atoms. The van der Waals surface area contributed by atoms with Crippen molar-refractivity contribution >= 4 is 33.9 Å². The first-order valence-corrected chi connectivity index (χ1v) is 21.5. The van der Waals surface area contributed by atoms with Crippen LogP contribution in [0.25, 0.3) is 0 Å². The van der Waals surface area contributed by atoms with Crippen LogP contribution in [-0.4, -0.2) is 96.5 Å². The molecular formula is C48H66N5O2S+3. The van der Waals surface area contributed by atoms with Gasteiger partial charge in [-0.3, -0.25) is 0 Å². The maximum Gasteiger partial charge on any atom is 0.209 e. The summed E-state index contributed by atoms with van der Waals surface area (Å²) < 4.78 is 26.5. The van der Waals surface area contributed by atoms with Gasteiger partial charge in [0.2, 0.25) is 5.69 Å². The number of hydrogen-bond acceptors (Lipinski definition) is 3. The molecule has 3 aromatic rings. The van der Waals surface area contributed by atoms with Crippen molar-refractivity contribution in [3.05, 3.63) is 131 Å². The fourth-order valence-corrected chi connectivity index (χ4v) is 9.20. The standard InChI is InChI=1S/C48H64N5O2S/c1-47(2)40-23-11-13-25-42(40)50(31-17-33-52(5,6)7)44(47)29-27-36-19-15-20-37(46(36)49-38-21-16-22-39(35-38)56(54)55)28-30-45-48(3,4)41-24-12-14-26-43(41)51(45)32-18-34-53(8,9)10/h11-14,16,21-30,35H,15,17-20,31-34H2,1-10H3/q+1/p+2. The predicted octanol–water partition coefficient (Wildman–Crippen LogP) is 9.55. The fraction of sp³-hybridized carbons (Fsp3) is 0.438. The van der Waals surface area contributed by atoms with Crippen molar-refractivity contribution in [3.8, 4) is 0 Å². The van der Waals surface area contributed by atoms with E-state index < -0.39 is 11.1 Å². The molecule has 3 aromatic carbocycles. The smallest absolute Gasteiger partial charge is 0.209 e. The van der Waals surface area contributed by atoms with Crippen molar-refractivity contribution in [2.45, 2.75) is 75.5 Å². The van der Waals surface area contributed by atoms with Crippen LogP contribution in [0.3, 0.4) is 0 Å². The molecule has 0 spiro atoms. The summed E-state index contributed by atoms with van der Waals surface area (Å²) in [5, 5.41) is 3.77. The lowest BCUT2D eigenvalue weighted by Gasteiger charge is -2.29. The Hall–Kier alpha value is -4.08. The van der Waals surface area contributed by atoms with Gasteiger partial charge in [0.1, 0.15) is 0 Å². The lowest BCUT2D eigenvalue weighted by molar-refractivity contribution is -0.871. The minimum Gasteiger partial charge on any atom is -0.355 e. The molecule has 8 heteroatoms. The molecule has 7 nitrogen and oxygen atoms in total. The summed E-state index contributed by atoms with van der Waals surface area (Å²) in [6.45, 7) is 13.5. The van der Waals surface area contributed by atoms with E-state index in [1.807, 2.05) is 12.1 Å². The van der Waals surface area contributed by atoms with Crippen LogP contribution in [-0.2, 0) is 21.9 Å². The molecule has 3 aliphatic rings. The maximum atomic E-state index is 12.1. The number of hydrogen-bond donors (Lipinski definition) is 2. The van der Waals surface area contributed by atoms with E-state index in [0.29, 0.717) is 4.90 Å². The molecule has 6 rings (SSSR count). The number of para-hydroxylation sites is 2. The SMILES string of the molecule is CC1(C)C(=CC=C2CCCC(C=CC3=[N+](CCC[N+](C)(C)C)c4ccccc4C3(C)C)=C2Nc2cccc(S(=O)O)c2)N(CCC[N+](C)(C)C)c2ccccc21. The zero-order valence-electron chi connectivity index (χ0n) is 35.7. The first kappa shape index (κ1) is 41.6. The van der Waals surface area contributed by atoms with Gasteiger partial charge in [-0.05, 0) is 80.2 Å². The number of rotatable bonds is 14. The molecule has 2 aliphatic heterocycles. The highest BCUT2D eigenvalue weighted by Crippen LogP contribution is 2.48. The molecule has 1 aliphatic carbocycles. The van der Waals surface area contributed by atoms with Gasteiger partial charge >= 0.3 is 0 Å². The Morgan fingerprint density at radius 2 is 1.48 bits per heavy atom. The van der Waals surface area contributed by atoms with Crippen molar-refractivity contribution in [2.75, 3.05) is 78.7 Å². The van der Waals surface area contributed by atoms with E-state index in [2.05, 4.69) is 158 Å². The van der Waals surface area contributed by atoms with Gasteiger partial charge in [0, 0.05) is 58.9 Å². The minimum absolute atomic E-state index is 0.145. The molecule has 1 atom stereocenters. The molecule has 0 radical (unpaired) electrons. The number of fused-ring (bicyclic) bond motifs is 2. The average molecular weight is 777 g/mol. The lowest BCUT2D eigenvalue weighted by Crippen LogP contribution is -2.37. The van der Waals surface area contributed by atoms with Crippen LogP contribution in [0.4, 0.5) is 17.1 Å². The quantitative estimate of drug-likeness (QED) is 0.0974. The summed E-state index contributed by atoms with van der Waals surface area (Å²) >= 11 is -2.07. The number of allylic oxidation sites excluding steroid dienone is 7. The van der Waals surface area contributed by atoms with Crippen molar-refractivity contribution in [2.24, 2.45) is 0 Å². The Morgan fingerprint density at radius 3 is 2.20 bits per heavy atom. The zero-order valence-corrected chi connectivity index (χ0v) is 36.5. The van der Waals surface area contributed by atoms with E-state index in [-0.39, 0.29) is 10.8 Å². The third kappa shape index (κ3) is 9.21. The van der Waals surface area contributed by atoms with Gasteiger partial charge in [0.15, 0.2) is 23.3 Å². The summed E-state index contributed by atoms with van der Waals surface area (Å²) in [7, 11) is 13.6. The Kier molecular flexibility index (Phi) is 12.2. The van der Waals surface area contributed by atoms with Crippen LogP contribution >= 0.6 is 0 Å². The third-order valence-corrected chi connectivity index (χ3v) is 12.4. The molecule has 0 saturated carbocycles. The molecule has 2 N–H and O–H groups in total. The van der Waals surface area contributed by atoms with Gasteiger partial charge < -0.3 is 23.7 Å². The van der Waals surface area contributed by atoms with Gasteiger partial charge in [-0.15, -0.1) is 0 Å². The highest BCUT2D eigenvalue weighted by atomic mass is 32.2. The first-order valence-electron chi connectivity index (χ1n) is 20.4. The van der Waals surface area contributed by atoms with Crippen LogP contribution in [0.15, 0.2) is 125 Å². The van der Waals surface area contributed by atoms with Crippen LogP contribution in [0.5, 0.6) is 0 Å². The van der Waals surface area contributed by atoms with Gasteiger partial charge in [-0.1, -0.05) is 68.5 Å². The van der Waals surface area contributed by atoms with E-state index in [1.165, 1.54) is 45.1 Å². The largest absolute Gasteiger partial charge is 0.355 e. The molecule has 0 fully saturated rings. The first-order chi connectivity index (χ1) is 26.4. The zero-order chi connectivity index (χ0) is 40.5. The summed E-state index contributed by atoms with van der Waals surface area (Å²) in [5.74, 6) is 0. The Morgan fingerprint density at radius 1 is 0.804 bits per heavy atom. The topological polar surface area (TPSA) is 55.6 Å². The molecule has 0 aromatic heterocycles. The number of nitrogens with one attached hydrogen (secondary N) is 1. The van der Waals surface area contributed by atoms with Crippen molar-refractivity contribution in [1.29, 1.82) is 0 Å². The Bertz CT molecular complexity index is 2120. The van der Waals surface area contributed by atoms with Gasteiger partial charge in [-0.25, -0.2) is 4.21 Å². The highest BCUT2D eigenvalue weighted by Gasteiger charge is 2.44. The van der Waals surface area contributed by atoms with Crippen molar-refractivity contribution in [3.63, 3.8) is 0 Å². The summed E-state index contributed by atoms with van der Waals surface area (Å²) in [6.07, 6.45) is 14.5. The van der Waals surface area contributed by atoms with Crippen LogP contribution < -0.4 is 10.2 Å². The van der Waals surface area contributed by atoms with Crippen LogP contribution in [0.1, 0.15) is 70.9 Å². The second kappa shape index (κ2) is 16.4. The number of anilines is 2. The van der Waals surface area contributed by atoms with E-state index in [1.54, 1.807) is 12.1 Å². The molecule has 0 saturated heterocycles. The summed E-state index contributed by atoms with van der Waals surface area (Å²) in [6, 6.07) is 25.1. The minimum atomic E-state index is -2.07. The average Bonchev–Trinajstić information content (AvgIpc) is 3.48. The van der Waals surface area contributed by atoms with Crippen molar-refractivity contribution < 1.29 is 22.3 Å². The molecular weight excluding hydrogens is 711 g/mol. The van der Waals surface area contributed by atoms with Gasteiger partial charge in [0.25, 0.3) is 0 Å². The molecule has 1 unspecified atom stereocenters. The van der Waals surface area contributed by atoms with Crippen LogP contribution in [0.2, 0.25) is 0 Å². The fourth-order valence-electron chi connectivity index (χ4n) is 8.78. The monoisotopic (exact) mass is 776 g/mol. The van der Waals surface area contributed by atoms with Crippen LogP contribution in [0, 0.1) is 0 Å². The molecule has 298 valence electrons. The van der Waals surface area contributed by atoms with E-state index in [4.69, 9.17) is 0 Å². The number of nitrogens with zero attached hydrogens (tertiary/aromatic N) is 4. The van der Waals surface area contributed by atoms with Gasteiger partial charge in [0.05, 0.1) is 72.1 Å². The van der Waals surface area contributed by atoms with E-state index in [0.717, 1.165) is 78.6 Å². The second-order valence-corrected chi connectivity index (χ2v) is 19.9. The van der Waals surface area contributed by atoms with Crippen molar-refractivity contribution in [1.82, 2.24) is 0 Å². The predicted molar refractivity (Wildman–Crippen MR) is 236 cm³/mol. The molecule has 2 heterocycles. The Labute approximate surface area is 339 Å². The highest BCUT2D eigenvalue weighted by molar-refractivity contribution is 7.79. The number of quaternary nitrogens is 2. The van der Waals surface area contributed by atoms with Gasteiger partial charge in [-0.2, -0.15) is 4.58 Å². The summed E-state index contributed by atoms with van der Waals surface area (Å²) in [4.78, 5) is 2.93. The normalized spacial score (nSPS) is 20.0. The number of benzene rings is 3. The van der Waals surface area contributed by atoms with E-state index >= 15 is 0 Å².